The van der Waals surface area contributed by atoms with Crippen LogP contribution < -0.4 is 10.1 Å². The second-order valence-corrected chi connectivity index (χ2v) is 13.3. The molecule has 9 nitrogen and oxygen atoms in total. The number of aldehydes is 1. The van der Waals surface area contributed by atoms with E-state index in [0.29, 0.717) is 28.8 Å². The van der Waals surface area contributed by atoms with E-state index in [1.807, 2.05) is 40.7 Å². The average molecular weight is 571 g/mol. The number of carbonyl (C=O) groups is 3. The summed E-state index contributed by atoms with van der Waals surface area (Å²) in [4.78, 5) is 50.4. The monoisotopic (exact) mass is 570 g/mol. The van der Waals surface area contributed by atoms with Crippen LogP contribution in [0.2, 0.25) is 5.02 Å². The molecule has 0 spiro atoms. The number of ether oxygens (including phenoxy) is 2. The SMILES string of the molecule is C[C@@H]1[C@@H]2CN(C(=O)[C@H](C(C)(C)C)NC(=O)O[C@]3(C)C[C@H]3CCCCCc3nc4ccc(Cl)cc4nc3O2)[C@@H]1C=O. The van der Waals surface area contributed by atoms with Crippen LogP contribution in [0.5, 0.6) is 5.88 Å². The van der Waals surface area contributed by atoms with Gasteiger partial charge in [0.2, 0.25) is 11.8 Å². The standard InChI is InChI=1S/C30H39ClN4O5/c1-17-23(16-36)35-15-24(17)39-26-21(32-20-12-11-19(31)13-22(20)33-26)10-8-6-7-9-18-14-30(18,5)40-28(38)34-25(27(35)37)29(2,3)4/h11-13,16-18,23-25H,6-10,14-15H2,1-5H3,(H,34,38)/t17-,18+,23+,24-,25+,30+/m0/s1. The molecule has 2 fully saturated rings. The zero-order valence-electron chi connectivity index (χ0n) is 23.9. The van der Waals surface area contributed by atoms with Crippen molar-refractivity contribution in [2.75, 3.05) is 6.54 Å². The van der Waals surface area contributed by atoms with E-state index in [1.54, 1.807) is 12.1 Å². The number of rotatable bonds is 1. The predicted octanol–water partition coefficient (Wildman–Crippen LogP) is 5.11. The molecular formula is C30H39ClN4O5. The number of nitrogens with zero attached hydrogens (tertiary/aromatic N) is 3. The number of alkyl carbamates (subject to hydrolysis) is 1. The van der Waals surface area contributed by atoms with E-state index in [2.05, 4.69) is 5.32 Å². The van der Waals surface area contributed by atoms with Gasteiger partial charge in [-0.15, -0.1) is 0 Å². The molecule has 2 aliphatic heterocycles. The topological polar surface area (TPSA) is 111 Å². The highest BCUT2D eigenvalue weighted by Crippen LogP contribution is 2.49. The second kappa shape index (κ2) is 10.8. The Hall–Kier alpha value is -2.94. The summed E-state index contributed by atoms with van der Waals surface area (Å²) in [5, 5.41) is 3.39. The Morgan fingerprint density at radius 1 is 1.15 bits per heavy atom. The summed E-state index contributed by atoms with van der Waals surface area (Å²) < 4.78 is 12.3. The van der Waals surface area contributed by atoms with Gasteiger partial charge >= 0.3 is 6.09 Å². The lowest BCUT2D eigenvalue weighted by Gasteiger charge is -2.34. The van der Waals surface area contributed by atoms with E-state index in [1.165, 1.54) is 4.90 Å². The number of aryl methyl sites for hydroxylation is 1. The molecule has 2 aromatic rings. The minimum Gasteiger partial charge on any atom is -0.471 e. The molecule has 10 heteroatoms. The second-order valence-electron chi connectivity index (χ2n) is 12.9. The molecule has 2 bridgehead atoms. The van der Waals surface area contributed by atoms with Gasteiger partial charge in [-0.05, 0) is 56.2 Å². The molecule has 1 aromatic carbocycles. The molecular weight excluding hydrogens is 532 g/mol. The highest BCUT2D eigenvalue weighted by molar-refractivity contribution is 6.31. The van der Waals surface area contributed by atoms with Gasteiger partial charge in [-0.1, -0.05) is 52.1 Å². The third-order valence-electron chi connectivity index (χ3n) is 8.73. The molecule has 1 aliphatic carbocycles. The van der Waals surface area contributed by atoms with Crippen molar-refractivity contribution >= 4 is 40.9 Å². The third kappa shape index (κ3) is 5.76. The van der Waals surface area contributed by atoms with E-state index in [4.69, 9.17) is 31.0 Å². The zero-order chi connectivity index (χ0) is 28.8. The molecule has 2 amide bonds. The maximum Gasteiger partial charge on any atom is 0.408 e. The predicted molar refractivity (Wildman–Crippen MR) is 151 cm³/mol. The van der Waals surface area contributed by atoms with Gasteiger partial charge in [0.05, 0.1) is 23.6 Å². The molecule has 1 saturated carbocycles. The van der Waals surface area contributed by atoms with Gasteiger partial charge in [0, 0.05) is 16.9 Å². The number of nitrogens with one attached hydrogen (secondary N) is 1. The van der Waals surface area contributed by atoms with Crippen LogP contribution in [-0.2, 0) is 20.7 Å². The number of hydrogen-bond acceptors (Lipinski definition) is 7. The molecule has 216 valence electrons. The van der Waals surface area contributed by atoms with E-state index in [9.17, 15) is 14.4 Å². The summed E-state index contributed by atoms with van der Waals surface area (Å²) in [5.74, 6) is 0.0712. The summed E-state index contributed by atoms with van der Waals surface area (Å²) in [6, 6.07) is 3.81. The van der Waals surface area contributed by atoms with Crippen LogP contribution in [0.15, 0.2) is 18.2 Å². The van der Waals surface area contributed by atoms with Crippen LogP contribution in [0, 0.1) is 17.3 Å². The van der Waals surface area contributed by atoms with Gasteiger partial charge in [0.25, 0.3) is 0 Å². The van der Waals surface area contributed by atoms with Crippen molar-refractivity contribution < 1.29 is 23.9 Å². The quantitative estimate of drug-likeness (QED) is 0.474. The molecule has 6 atom stereocenters. The van der Waals surface area contributed by atoms with Crippen molar-refractivity contribution in [3.05, 3.63) is 28.9 Å². The van der Waals surface area contributed by atoms with Gasteiger partial charge in [-0.3, -0.25) is 4.79 Å². The first-order valence-corrected chi connectivity index (χ1v) is 14.7. The number of hydrogen-bond donors (Lipinski definition) is 1. The maximum atomic E-state index is 13.9. The van der Waals surface area contributed by atoms with Crippen molar-refractivity contribution in [1.82, 2.24) is 20.2 Å². The number of fused-ring (bicyclic) bond motifs is 5. The molecule has 0 radical (unpaired) electrons. The molecule has 40 heavy (non-hydrogen) atoms. The number of carbonyl (C=O) groups excluding carboxylic acids is 3. The minimum absolute atomic E-state index is 0.182. The van der Waals surface area contributed by atoms with E-state index in [-0.39, 0.29) is 18.4 Å². The Morgan fingerprint density at radius 2 is 1.93 bits per heavy atom. The van der Waals surface area contributed by atoms with Crippen LogP contribution in [0.3, 0.4) is 0 Å². The Morgan fingerprint density at radius 3 is 2.65 bits per heavy atom. The fourth-order valence-corrected chi connectivity index (χ4v) is 6.18. The van der Waals surface area contributed by atoms with Crippen LogP contribution in [0.25, 0.3) is 11.0 Å². The zero-order valence-corrected chi connectivity index (χ0v) is 24.7. The first-order chi connectivity index (χ1) is 18.9. The third-order valence-corrected chi connectivity index (χ3v) is 8.97. The fourth-order valence-electron chi connectivity index (χ4n) is 6.01. The number of benzene rings is 1. The van der Waals surface area contributed by atoms with E-state index in [0.717, 1.165) is 49.6 Å². The van der Waals surface area contributed by atoms with Crippen LogP contribution in [0.1, 0.15) is 72.4 Å². The van der Waals surface area contributed by atoms with Crippen molar-refractivity contribution in [1.29, 1.82) is 0 Å². The highest BCUT2D eigenvalue weighted by atomic mass is 35.5. The number of amides is 2. The Labute approximate surface area is 240 Å². The van der Waals surface area contributed by atoms with Crippen LogP contribution in [0.4, 0.5) is 4.79 Å². The Balaban J connectivity index is 1.50. The van der Waals surface area contributed by atoms with Crippen molar-refractivity contribution in [2.45, 2.75) is 96.9 Å². The summed E-state index contributed by atoms with van der Waals surface area (Å²) in [7, 11) is 0. The molecule has 1 N–H and O–H groups in total. The van der Waals surface area contributed by atoms with Crippen LogP contribution >= 0.6 is 11.6 Å². The van der Waals surface area contributed by atoms with Crippen molar-refractivity contribution in [3.63, 3.8) is 0 Å². The maximum absolute atomic E-state index is 13.9. The van der Waals surface area contributed by atoms with Crippen LogP contribution in [-0.4, -0.2) is 63.5 Å². The van der Waals surface area contributed by atoms with Crippen molar-refractivity contribution in [2.24, 2.45) is 17.3 Å². The van der Waals surface area contributed by atoms with Gasteiger partial charge in [-0.25, -0.2) is 14.8 Å². The van der Waals surface area contributed by atoms with Gasteiger partial charge < -0.3 is 24.5 Å². The summed E-state index contributed by atoms with van der Waals surface area (Å²) in [6.07, 6.45) is 5.08. The summed E-state index contributed by atoms with van der Waals surface area (Å²) in [5.41, 5.74) is 0.987. The van der Waals surface area contributed by atoms with Gasteiger partial charge in [0.15, 0.2) is 0 Å². The van der Waals surface area contributed by atoms with Gasteiger partial charge in [-0.2, -0.15) is 0 Å². The highest BCUT2D eigenvalue weighted by Gasteiger charge is 2.54. The molecule has 3 aliphatic rings. The Bertz CT molecular complexity index is 1310. The minimum atomic E-state index is -0.883. The summed E-state index contributed by atoms with van der Waals surface area (Å²) >= 11 is 6.23. The van der Waals surface area contributed by atoms with E-state index >= 15 is 0 Å². The lowest BCUT2D eigenvalue weighted by molar-refractivity contribution is -0.139. The molecule has 1 saturated heterocycles. The Kier molecular flexibility index (Phi) is 7.72. The average Bonchev–Trinajstić information content (AvgIpc) is 3.40. The molecule has 0 unspecified atom stereocenters. The first kappa shape index (κ1) is 28.6. The fraction of sp³-hybridized carbons (Fsp3) is 0.633. The van der Waals surface area contributed by atoms with Gasteiger partial charge in [0.1, 0.15) is 29.7 Å². The molecule has 3 heterocycles. The largest absolute Gasteiger partial charge is 0.471 e. The number of aromatic nitrogens is 2. The molecule has 1 aromatic heterocycles. The van der Waals surface area contributed by atoms with E-state index < -0.39 is 35.3 Å². The normalized spacial score (nSPS) is 31.6. The molecule has 5 rings (SSSR count). The van der Waals surface area contributed by atoms with Crippen molar-refractivity contribution in [3.8, 4) is 5.88 Å². The smallest absolute Gasteiger partial charge is 0.408 e. The number of halogens is 1. The first-order valence-electron chi connectivity index (χ1n) is 14.3. The summed E-state index contributed by atoms with van der Waals surface area (Å²) in [6.45, 7) is 9.69. The lowest BCUT2D eigenvalue weighted by Crippen LogP contribution is -2.56. The lowest BCUT2D eigenvalue weighted by atomic mass is 9.85.